The molecule has 2 rings (SSSR count). The van der Waals surface area contributed by atoms with E-state index in [1.165, 1.54) is 16.9 Å². The molecule has 0 saturated carbocycles. The van der Waals surface area contributed by atoms with Gasteiger partial charge in [-0.25, -0.2) is 4.79 Å². The summed E-state index contributed by atoms with van der Waals surface area (Å²) in [6, 6.07) is 6.36. The van der Waals surface area contributed by atoms with Gasteiger partial charge < -0.3 is 10.4 Å². The van der Waals surface area contributed by atoms with Crippen LogP contribution in [0.5, 0.6) is 0 Å². The number of rotatable bonds is 3. The number of carbonyl (C=O) groups excluding carboxylic acids is 1. The molecule has 0 bridgehead atoms. The topological polar surface area (TPSA) is 84.2 Å². The van der Waals surface area contributed by atoms with Gasteiger partial charge in [0.2, 0.25) is 0 Å². The van der Waals surface area contributed by atoms with Crippen molar-refractivity contribution in [3.63, 3.8) is 0 Å². The lowest BCUT2D eigenvalue weighted by Gasteiger charge is -2.09. The quantitative estimate of drug-likeness (QED) is 0.809. The fraction of sp³-hybridized carbons (Fsp3) is 0.0833. The molecule has 0 aliphatic rings. The molecule has 19 heavy (non-hydrogen) atoms. The van der Waals surface area contributed by atoms with Crippen LogP contribution in [0.2, 0.25) is 0 Å². The summed E-state index contributed by atoms with van der Waals surface area (Å²) in [4.78, 5) is 23.1. The Morgan fingerprint density at radius 3 is 2.68 bits per heavy atom. The van der Waals surface area contributed by atoms with E-state index in [1.807, 2.05) is 22.6 Å². The minimum Gasteiger partial charge on any atom is -0.478 e. The van der Waals surface area contributed by atoms with Gasteiger partial charge in [0, 0.05) is 16.8 Å². The van der Waals surface area contributed by atoms with Crippen LogP contribution < -0.4 is 5.32 Å². The lowest BCUT2D eigenvalue weighted by Crippen LogP contribution is -2.18. The number of aromatic carboxylic acids is 1. The normalized spacial score (nSPS) is 10.2. The molecule has 0 aliphatic heterocycles. The molecule has 0 radical (unpaired) electrons. The van der Waals surface area contributed by atoms with E-state index in [-0.39, 0.29) is 11.3 Å². The highest BCUT2D eigenvalue weighted by Gasteiger charge is 2.15. The van der Waals surface area contributed by atoms with E-state index in [0.29, 0.717) is 5.69 Å². The van der Waals surface area contributed by atoms with Crippen molar-refractivity contribution in [2.75, 3.05) is 5.32 Å². The van der Waals surface area contributed by atoms with Gasteiger partial charge >= 0.3 is 5.97 Å². The molecule has 0 unspecified atom stereocenters. The number of hydrogen-bond acceptors (Lipinski definition) is 3. The van der Waals surface area contributed by atoms with Crippen molar-refractivity contribution in [3.8, 4) is 0 Å². The van der Waals surface area contributed by atoms with Crippen molar-refractivity contribution >= 4 is 40.2 Å². The average molecular weight is 371 g/mol. The molecule has 1 aromatic carbocycles. The maximum Gasteiger partial charge on any atom is 0.337 e. The molecule has 6 nitrogen and oxygen atoms in total. The number of nitrogens with one attached hydrogen (secondary N) is 1. The summed E-state index contributed by atoms with van der Waals surface area (Å²) in [6.07, 6.45) is 1.50. The third kappa shape index (κ3) is 2.92. The van der Waals surface area contributed by atoms with Crippen LogP contribution in [0.15, 0.2) is 30.5 Å². The van der Waals surface area contributed by atoms with Gasteiger partial charge in [-0.2, -0.15) is 5.10 Å². The molecule has 7 heteroatoms. The first-order chi connectivity index (χ1) is 8.99. The number of aromatic nitrogens is 2. The second-order valence-corrected chi connectivity index (χ2v) is 5.03. The molecule has 1 amide bonds. The number of carbonyl (C=O) groups is 2. The van der Waals surface area contributed by atoms with Gasteiger partial charge in [0.05, 0.1) is 11.3 Å². The predicted molar refractivity (Wildman–Crippen MR) is 77.3 cm³/mol. The number of carboxylic acids is 1. The van der Waals surface area contributed by atoms with E-state index in [4.69, 9.17) is 5.11 Å². The Morgan fingerprint density at radius 1 is 1.37 bits per heavy atom. The van der Waals surface area contributed by atoms with Crippen LogP contribution >= 0.6 is 22.6 Å². The van der Waals surface area contributed by atoms with E-state index in [2.05, 4.69) is 10.4 Å². The van der Waals surface area contributed by atoms with Gasteiger partial charge in [0.15, 0.2) is 0 Å². The Bertz CT molecular complexity index is 651. The Kier molecular flexibility index (Phi) is 3.84. The van der Waals surface area contributed by atoms with E-state index >= 15 is 0 Å². The summed E-state index contributed by atoms with van der Waals surface area (Å²) in [7, 11) is 1.64. The number of nitrogens with zero attached hydrogens (tertiary/aromatic N) is 2. The van der Waals surface area contributed by atoms with E-state index in [0.717, 1.165) is 3.57 Å². The molecule has 0 saturated heterocycles. The number of anilines is 1. The van der Waals surface area contributed by atoms with Gasteiger partial charge in [-0.05, 0) is 46.9 Å². The van der Waals surface area contributed by atoms with Gasteiger partial charge in [-0.3, -0.25) is 9.48 Å². The Labute approximate surface area is 122 Å². The number of benzene rings is 1. The third-order valence-electron chi connectivity index (χ3n) is 2.51. The zero-order valence-electron chi connectivity index (χ0n) is 9.92. The molecule has 98 valence electrons. The monoisotopic (exact) mass is 371 g/mol. The Hall–Kier alpha value is -1.90. The second kappa shape index (κ2) is 5.39. The standard InChI is InChI=1S/C12H10IN3O3/c1-16-10(4-5-14-16)11(17)15-9-3-2-7(13)6-8(9)12(18)19/h2-6H,1H3,(H,15,17)(H,18,19). The summed E-state index contributed by atoms with van der Waals surface area (Å²) in [5.41, 5.74) is 0.677. The van der Waals surface area contributed by atoms with Crippen LogP contribution in [0.25, 0.3) is 0 Å². The van der Waals surface area contributed by atoms with Crippen LogP contribution in [0, 0.1) is 3.57 Å². The molecule has 1 aromatic heterocycles. The van der Waals surface area contributed by atoms with Gasteiger partial charge in [0.25, 0.3) is 5.91 Å². The van der Waals surface area contributed by atoms with Crippen molar-refractivity contribution in [2.45, 2.75) is 0 Å². The number of hydrogen-bond donors (Lipinski definition) is 2. The molecule has 0 aliphatic carbocycles. The van der Waals surface area contributed by atoms with E-state index in [1.54, 1.807) is 25.2 Å². The number of halogens is 1. The summed E-state index contributed by atoms with van der Waals surface area (Å²) in [5.74, 6) is -1.48. The summed E-state index contributed by atoms with van der Waals surface area (Å²) in [6.45, 7) is 0. The third-order valence-corrected chi connectivity index (χ3v) is 3.18. The molecule has 0 atom stereocenters. The van der Waals surface area contributed by atoms with Crippen molar-refractivity contribution in [3.05, 3.63) is 45.3 Å². The Morgan fingerprint density at radius 2 is 2.11 bits per heavy atom. The molecular weight excluding hydrogens is 361 g/mol. The molecule has 1 heterocycles. The number of carboxylic acid groups (broad SMARTS) is 1. The fourth-order valence-electron chi connectivity index (χ4n) is 1.59. The largest absolute Gasteiger partial charge is 0.478 e. The van der Waals surface area contributed by atoms with Gasteiger partial charge in [0.1, 0.15) is 5.69 Å². The summed E-state index contributed by atoms with van der Waals surface area (Å²) in [5, 5.41) is 15.6. The van der Waals surface area contributed by atoms with Gasteiger partial charge in [-0.1, -0.05) is 0 Å². The van der Waals surface area contributed by atoms with Crippen molar-refractivity contribution < 1.29 is 14.7 Å². The van der Waals surface area contributed by atoms with Crippen molar-refractivity contribution in [2.24, 2.45) is 7.05 Å². The van der Waals surface area contributed by atoms with Crippen LogP contribution in [0.1, 0.15) is 20.8 Å². The summed E-state index contributed by atoms with van der Waals surface area (Å²) >= 11 is 2.01. The van der Waals surface area contributed by atoms with Crippen LogP contribution in [0.3, 0.4) is 0 Å². The SMILES string of the molecule is Cn1nccc1C(=O)Nc1ccc(I)cc1C(=O)O. The zero-order chi connectivity index (χ0) is 14.0. The highest BCUT2D eigenvalue weighted by atomic mass is 127. The smallest absolute Gasteiger partial charge is 0.337 e. The first-order valence-electron chi connectivity index (χ1n) is 5.31. The molecule has 0 fully saturated rings. The van der Waals surface area contributed by atoms with Crippen LogP contribution in [0.4, 0.5) is 5.69 Å². The summed E-state index contributed by atoms with van der Waals surface area (Å²) < 4.78 is 2.20. The fourth-order valence-corrected chi connectivity index (χ4v) is 2.08. The maximum absolute atomic E-state index is 12.0. The molecule has 2 N–H and O–H groups in total. The van der Waals surface area contributed by atoms with Gasteiger partial charge in [-0.15, -0.1) is 0 Å². The molecular formula is C12H10IN3O3. The van der Waals surface area contributed by atoms with Crippen LogP contribution in [-0.4, -0.2) is 26.8 Å². The lowest BCUT2D eigenvalue weighted by atomic mass is 10.2. The first kappa shape index (κ1) is 13.5. The second-order valence-electron chi connectivity index (χ2n) is 3.79. The minimum atomic E-state index is -1.08. The predicted octanol–water partition coefficient (Wildman–Crippen LogP) is 1.98. The molecule has 0 spiro atoms. The lowest BCUT2D eigenvalue weighted by molar-refractivity contribution is 0.0698. The highest BCUT2D eigenvalue weighted by Crippen LogP contribution is 2.19. The first-order valence-corrected chi connectivity index (χ1v) is 6.39. The van der Waals surface area contributed by atoms with Crippen molar-refractivity contribution in [1.82, 2.24) is 9.78 Å². The maximum atomic E-state index is 12.0. The van der Waals surface area contributed by atoms with Crippen LogP contribution in [-0.2, 0) is 7.05 Å². The highest BCUT2D eigenvalue weighted by molar-refractivity contribution is 14.1. The van der Waals surface area contributed by atoms with E-state index < -0.39 is 11.9 Å². The number of aryl methyl sites for hydroxylation is 1. The Balaban J connectivity index is 2.32. The molecule has 2 aromatic rings. The average Bonchev–Trinajstić information content (AvgIpc) is 2.77. The van der Waals surface area contributed by atoms with E-state index in [9.17, 15) is 9.59 Å². The zero-order valence-corrected chi connectivity index (χ0v) is 12.1. The minimum absolute atomic E-state index is 0.0578. The van der Waals surface area contributed by atoms with Crippen molar-refractivity contribution in [1.29, 1.82) is 0 Å². The number of amides is 1.